The Balaban J connectivity index is 1.62. The first kappa shape index (κ1) is 20.7. The third kappa shape index (κ3) is 4.16. The normalized spacial score (nSPS) is 14.9. The largest absolute Gasteiger partial charge is 0.331 e. The topological polar surface area (TPSA) is 49.3 Å². The Bertz CT molecular complexity index is 1040. The van der Waals surface area contributed by atoms with Crippen LogP contribution in [0.4, 0.5) is 10.5 Å². The molecule has 0 saturated heterocycles. The molecule has 3 aromatic rings. The highest BCUT2D eigenvalue weighted by Gasteiger charge is 2.28. The first-order valence-electron chi connectivity index (χ1n) is 10.6. The first-order valence-corrected chi connectivity index (χ1v) is 11.4. The average molecular weight is 423 g/mol. The number of rotatable bonds is 5. The number of fused-ring (bicyclic) bond motifs is 1. The zero-order valence-corrected chi connectivity index (χ0v) is 19.0. The van der Waals surface area contributed by atoms with E-state index in [1.165, 1.54) is 32.1 Å². The molecule has 4 rings (SSSR count). The Morgan fingerprint density at radius 1 is 1.20 bits per heavy atom. The number of carbonyl (C=O) groups excluding carboxylic acids is 1. The SMILES string of the molecule is CC[C@@H](NC(=O)Nc1ccc(C)c(C)c1)c1c(-n2cccc2)sc2c1CCN(C)C2. The van der Waals surface area contributed by atoms with E-state index >= 15 is 0 Å². The molecule has 5 nitrogen and oxygen atoms in total. The fourth-order valence-electron chi connectivity index (χ4n) is 4.09. The fraction of sp³-hybridized carbons (Fsp3) is 0.375. The molecule has 0 aliphatic carbocycles. The smallest absolute Gasteiger partial charge is 0.319 e. The molecule has 1 aliphatic heterocycles. The van der Waals surface area contributed by atoms with Crippen LogP contribution < -0.4 is 10.6 Å². The van der Waals surface area contributed by atoms with Gasteiger partial charge in [0.15, 0.2) is 0 Å². The Labute approximate surface area is 182 Å². The van der Waals surface area contributed by atoms with Crippen LogP contribution in [0.5, 0.6) is 0 Å². The van der Waals surface area contributed by atoms with Gasteiger partial charge >= 0.3 is 6.03 Å². The second-order valence-electron chi connectivity index (χ2n) is 8.16. The molecule has 0 bridgehead atoms. The molecule has 158 valence electrons. The Morgan fingerprint density at radius 2 is 1.97 bits per heavy atom. The van der Waals surface area contributed by atoms with E-state index in [0.29, 0.717) is 0 Å². The molecule has 6 heteroatoms. The molecule has 0 saturated carbocycles. The maximum atomic E-state index is 12.9. The summed E-state index contributed by atoms with van der Waals surface area (Å²) < 4.78 is 2.18. The van der Waals surface area contributed by atoms with Crippen molar-refractivity contribution in [3.8, 4) is 5.00 Å². The van der Waals surface area contributed by atoms with Gasteiger partial charge in [0.05, 0.1) is 6.04 Å². The molecule has 30 heavy (non-hydrogen) atoms. The van der Waals surface area contributed by atoms with Crippen molar-refractivity contribution < 1.29 is 4.79 Å². The number of carbonyl (C=O) groups is 1. The van der Waals surface area contributed by atoms with Crippen LogP contribution in [0.3, 0.4) is 0 Å². The van der Waals surface area contributed by atoms with Crippen molar-refractivity contribution in [3.63, 3.8) is 0 Å². The van der Waals surface area contributed by atoms with Crippen molar-refractivity contribution in [2.24, 2.45) is 0 Å². The number of urea groups is 1. The molecule has 2 amide bonds. The fourth-order valence-corrected chi connectivity index (χ4v) is 5.54. The number of hydrogen-bond donors (Lipinski definition) is 2. The molecule has 1 aliphatic rings. The maximum absolute atomic E-state index is 12.9. The molecule has 0 radical (unpaired) electrons. The third-order valence-electron chi connectivity index (χ3n) is 5.93. The number of anilines is 1. The van der Waals surface area contributed by atoms with Gasteiger partial charge in [0, 0.05) is 41.6 Å². The first-order chi connectivity index (χ1) is 14.5. The molecule has 2 N–H and O–H groups in total. The van der Waals surface area contributed by atoms with Crippen LogP contribution in [0, 0.1) is 13.8 Å². The van der Waals surface area contributed by atoms with Gasteiger partial charge in [0.25, 0.3) is 0 Å². The third-order valence-corrected chi connectivity index (χ3v) is 7.18. The van der Waals surface area contributed by atoms with E-state index < -0.39 is 0 Å². The monoisotopic (exact) mass is 422 g/mol. The molecular formula is C24H30N4OS. The lowest BCUT2D eigenvalue weighted by Crippen LogP contribution is -2.34. The lowest BCUT2D eigenvalue weighted by atomic mass is 9.96. The van der Waals surface area contributed by atoms with E-state index in [9.17, 15) is 4.79 Å². The Hall–Kier alpha value is -2.57. The number of hydrogen-bond acceptors (Lipinski definition) is 3. The summed E-state index contributed by atoms with van der Waals surface area (Å²) in [5, 5.41) is 7.48. The number of aromatic nitrogens is 1. The molecule has 0 spiro atoms. The van der Waals surface area contributed by atoms with E-state index in [4.69, 9.17) is 0 Å². The molecule has 1 aromatic carbocycles. The van der Waals surface area contributed by atoms with Crippen molar-refractivity contribution in [2.45, 2.75) is 46.2 Å². The van der Waals surface area contributed by atoms with Crippen LogP contribution in [0.15, 0.2) is 42.7 Å². The minimum atomic E-state index is -0.156. The number of amides is 2. The number of aryl methyl sites for hydroxylation is 2. The zero-order chi connectivity index (χ0) is 21.3. The Kier molecular flexibility index (Phi) is 5.97. The summed E-state index contributed by atoms with van der Waals surface area (Å²) in [6.07, 6.45) is 6.04. The van der Waals surface area contributed by atoms with E-state index in [-0.39, 0.29) is 12.1 Å². The van der Waals surface area contributed by atoms with Crippen molar-refractivity contribution >= 4 is 23.1 Å². The van der Waals surface area contributed by atoms with Crippen LogP contribution in [-0.4, -0.2) is 29.1 Å². The van der Waals surface area contributed by atoms with Gasteiger partial charge in [-0.3, -0.25) is 0 Å². The van der Waals surface area contributed by atoms with Gasteiger partial charge in [0.1, 0.15) is 5.00 Å². The van der Waals surface area contributed by atoms with Gasteiger partial charge in [-0.2, -0.15) is 0 Å². The standard InChI is InChI=1S/C24H30N4OS/c1-5-20(26-24(29)25-18-9-8-16(2)17(3)14-18)22-19-10-13-27(4)15-21(19)30-23(22)28-11-6-7-12-28/h6-9,11-12,14,20H,5,10,13,15H2,1-4H3,(H2,25,26,29)/t20-/m1/s1. The van der Waals surface area contributed by atoms with Crippen molar-refractivity contribution in [3.05, 3.63) is 69.9 Å². The quantitative estimate of drug-likeness (QED) is 0.577. The highest BCUT2D eigenvalue weighted by molar-refractivity contribution is 7.15. The van der Waals surface area contributed by atoms with Gasteiger partial charge < -0.3 is 20.1 Å². The zero-order valence-electron chi connectivity index (χ0n) is 18.2. The average Bonchev–Trinajstić information content (AvgIpc) is 3.36. The predicted octanol–water partition coefficient (Wildman–Crippen LogP) is 5.42. The molecule has 0 unspecified atom stereocenters. The molecular weight excluding hydrogens is 392 g/mol. The minimum Gasteiger partial charge on any atom is -0.331 e. The van der Waals surface area contributed by atoms with Gasteiger partial charge in [-0.1, -0.05) is 13.0 Å². The summed E-state index contributed by atoms with van der Waals surface area (Å²) >= 11 is 1.85. The van der Waals surface area contributed by atoms with Crippen LogP contribution in [0.25, 0.3) is 5.00 Å². The number of likely N-dealkylation sites (N-methyl/N-ethyl adjacent to an activating group) is 1. The second-order valence-corrected chi connectivity index (χ2v) is 9.24. The molecule has 2 aromatic heterocycles. The summed E-state index contributed by atoms with van der Waals surface area (Å²) in [6.45, 7) is 8.30. The Morgan fingerprint density at radius 3 is 2.67 bits per heavy atom. The second kappa shape index (κ2) is 8.66. The lowest BCUT2D eigenvalue weighted by Gasteiger charge is -2.25. The summed E-state index contributed by atoms with van der Waals surface area (Å²) in [7, 11) is 2.17. The maximum Gasteiger partial charge on any atom is 0.319 e. The summed E-state index contributed by atoms with van der Waals surface area (Å²) in [5.41, 5.74) is 5.91. The minimum absolute atomic E-state index is 0.0302. The van der Waals surface area contributed by atoms with Crippen molar-refractivity contribution in [1.29, 1.82) is 0 Å². The predicted molar refractivity (Wildman–Crippen MR) is 125 cm³/mol. The number of nitrogens with one attached hydrogen (secondary N) is 2. The lowest BCUT2D eigenvalue weighted by molar-refractivity contribution is 0.248. The van der Waals surface area contributed by atoms with Crippen LogP contribution in [0.1, 0.15) is 46.5 Å². The van der Waals surface area contributed by atoms with Gasteiger partial charge in [-0.25, -0.2) is 4.79 Å². The number of benzene rings is 1. The number of nitrogens with zero attached hydrogens (tertiary/aromatic N) is 2. The molecule has 3 heterocycles. The van der Waals surface area contributed by atoms with Crippen LogP contribution in [-0.2, 0) is 13.0 Å². The summed E-state index contributed by atoms with van der Waals surface area (Å²) in [6, 6.07) is 9.93. The number of thiophene rings is 1. The van der Waals surface area contributed by atoms with Crippen molar-refractivity contribution in [2.75, 3.05) is 18.9 Å². The van der Waals surface area contributed by atoms with Gasteiger partial charge in [-0.15, -0.1) is 11.3 Å². The van der Waals surface area contributed by atoms with Crippen molar-refractivity contribution in [1.82, 2.24) is 14.8 Å². The van der Waals surface area contributed by atoms with E-state index in [1.807, 2.05) is 29.5 Å². The summed E-state index contributed by atoms with van der Waals surface area (Å²) in [4.78, 5) is 16.6. The summed E-state index contributed by atoms with van der Waals surface area (Å²) in [5.74, 6) is 0. The highest BCUT2D eigenvalue weighted by Crippen LogP contribution is 2.40. The van der Waals surface area contributed by atoms with E-state index in [1.54, 1.807) is 0 Å². The van der Waals surface area contributed by atoms with Crippen LogP contribution >= 0.6 is 11.3 Å². The molecule has 1 atom stereocenters. The molecule has 0 fully saturated rings. The van der Waals surface area contributed by atoms with Gasteiger partial charge in [-0.05, 0) is 74.7 Å². The highest BCUT2D eigenvalue weighted by atomic mass is 32.1. The van der Waals surface area contributed by atoms with Gasteiger partial charge in [0.2, 0.25) is 0 Å². The van der Waals surface area contributed by atoms with E-state index in [0.717, 1.165) is 31.6 Å². The van der Waals surface area contributed by atoms with E-state index in [2.05, 4.69) is 72.4 Å². The van der Waals surface area contributed by atoms with Crippen LogP contribution in [0.2, 0.25) is 0 Å².